The van der Waals surface area contributed by atoms with Crippen LogP contribution in [0, 0.1) is 0 Å². The van der Waals surface area contributed by atoms with Crippen molar-refractivity contribution in [1.82, 2.24) is 0 Å². The maximum Gasteiger partial charge on any atom is 0.163 e. The van der Waals surface area contributed by atoms with Crippen molar-refractivity contribution in [2.24, 2.45) is 0 Å². The average molecular weight is 286 g/mol. The summed E-state index contributed by atoms with van der Waals surface area (Å²) in [6, 6.07) is 0. The number of rotatable bonds is 4. The monoisotopic (exact) mass is 286 g/mol. The first-order valence-electron chi connectivity index (χ1n) is 6.41. The van der Waals surface area contributed by atoms with Gasteiger partial charge >= 0.3 is 0 Å². The van der Waals surface area contributed by atoms with Crippen LogP contribution >= 0.6 is 0 Å². The molecule has 2 aliphatic rings. The van der Waals surface area contributed by atoms with Gasteiger partial charge in [-0.25, -0.2) is 8.42 Å². The van der Waals surface area contributed by atoms with Crippen LogP contribution in [0.5, 0.6) is 0 Å². The highest BCUT2D eigenvalue weighted by atomic mass is 32.2. The zero-order valence-corrected chi connectivity index (χ0v) is 12.5. The molecule has 0 bridgehead atoms. The van der Waals surface area contributed by atoms with Crippen molar-refractivity contribution in [3.63, 3.8) is 0 Å². The van der Waals surface area contributed by atoms with Gasteiger partial charge in [0.05, 0.1) is 16.1 Å². The Labute approximate surface area is 115 Å². The van der Waals surface area contributed by atoms with Gasteiger partial charge in [0.1, 0.15) is 5.78 Å². The summed E-state index contributed by atoms with van der Waals surface area (Å²) in [4.78, 5) is 10.3. The van der Waals surface area contributed by atoms with E-state index in [0.717, 1.165) is 0 Å². The highest BCUT2D eigenvalue weighted by Crippen LogP contribution is 2.27. The lowest BCUT2D eigenvalue weighted by Gasteiger charge is -2.25. The normalized spacial score (nSPS) is 24.8. The number of allylic oxidation sites excluding steroid dienone is 2. The smallest absolute Gasteiger partial charge is 0.163 e. The standard InChI is InChI=1S/C8H10O2S.C6H12O2/c9-11(10,7-3-1-4-7)8-5-2-6-8;1-5(7)4-6(2,3)8/h1-3,5,7-8H,4,6H2;8H,4H2,1-3H3. The summed E-state index contributed by atoms with van der Waals surface area (Å²) in [5.41, 5.74) is -0.828. The molecule has 0 aliphatic heterocycles. The van der Waals surface area contributed by atoms with E-state index >= 15 is 0 Å². The largest absolute Gasteiger partial charge is 0.390 e. The van der Waals surface area contributed by atoms with Crippen LogP contribution in [-0.2, 0) is 14.6 Å². The third-order valence-electron chi connectivity index (χ3n) is 2.96. The molecular formula is C14H22O4S. The van der Waals surface area contributed by atoms with Crippen LogP contribution in [0.25, 0.3) is 0 Å². The zero-order valence-electron chi connectivity index (χ0n) is 11.7. The molecule has 0 aromatic carbocycles. The molecule has 5 heteroatoms. The fourth-order valence-electron chi connectivity index (χ4n) is 1.82. The van der Waals surface area contributed by atoms with Crippen molar-refractivity contribution >= 4 is 15.6 Å². The van der Waals surface area contributed by atoms with Crippen LogP contribution in [0.1, 0.15) is 40.0 Å². The van der Waals surface area contributed by atoms with Gasteiger partial charge in [-0.2, -0.15) is 0 Å². The molecule has 1 N–H and O–H groups in total. The minimum absolute atomic E-state index is 0.0255. The van der Waals surface area contributed by atoms with Crippen LogP contribution in [-0.4, -0.2) is 35.4 Å². The van der Waals surface area contributed by atoms with E-state index in [-0.39, 0.29) is 22.7 Å². The van der Waals surface area contributed by atoms with E-state index < -0.39 is 15.4 Å². The molecule has 0 saturated heterocycles. The van der Waals surface area contributed by atoms with Gasteiger partial charge in [-0.15, -0.1) is 0 Å². The number of hydrogen-bond acceptors (Lipinski definition) is 4. The van der Waals surface area contributed by atoms with Crippen molar-refractivity contribution in [1.29, 1.82) is 0 Å². The summed E-state index contributed by atoms with van der Waals surface area (Å²) < 4.78 is 23.0. The van der Waals surface area contributed by atoms with Crippen LogP contribution < -0.4 is 0 Å². The number of carbonyl (C=O) groups is 1. The molecule has 2 aliphatic carbocycles. The van der Waals surface area contributed by atoms with Gasteiger partial charge < -0.3 is 5.11 Å². The molecule has 0 saturated carbocycles. The Morgan fingerprint density at radius 1 is 1.21 bits per heavy atom. The number of ketones is 1. The second kappa shape index (κ2) is 6.01. The molecule has 4 nitrogen and oxygen atoms in total. The van der Waals surface area contributed by atoms with Gasteiger partial charge in [-0.1, -0.05) is 24.3 Å². The summed E-state index contributed by atoms with van der Waals surface area (Å²) in [6.07, 6.45) is 9.05. The van der Waals surface area contributed by atoms with Crippen LogP contribution in [0.3, 0.4) is 0 Å². The summed E-state index contributed by atoms with van der Waals surface area (Å²) in [6.45, 7) is 4.71. The van der Waals surface area contributed by atoms with Crippen LogP contribution in [0.15, 0.2) is 24.3 Å². The molecule has 0 fully saturated rings. The topological polar surface area (TPSA) is 71.4 Å². The minimum atomic E-state index is -2.84. The Bertz CT molecular complexity index is 454. The molecule has 0 aromatic heterocycles. The van der Waals surface area contributed by atoms with Gasteiger partial charge in [0.2, 0.25) is 0 Å². The quantitative estimate of drug-likeness (QED) is 0.800. The maximum atomic E-state index is 11.5. The summed E-state index contributed by atoms with van der Waals surface area (Å²) in [7, 11) is -2.84. The van der Waals surface area contributed by atoms with E-state index in [1.807, 2.05) is 12.2 Å². The van der Waals surface area contributed by atoms with Crippen molar-refractivity contribution in [3.8, 4) is 0 Å². The molecule has 0 aromatic rings. The lowest BCUT2D eigenvalue weighted by Crippen LogP contribution is -2.34. The molecular weight excluding hydrogens is 264 g/mol. The highest BCUT2D eigenvalue weighted by molar-refractivity contribution is 7.93. The van der Waals surface area contributed by atoms with E-state index in [2.05, 4.69) is 0 Å². The van der Waals surface area contributed by atoms with Gasteiger partial charge in [-0.05, 0) is 33.6 Å². The van der Waals surface area contributed by atoms with Crippen LogP contribution in [0.2, 0.25) is 0 Å². The fourth-order valence-corrected chi connectivity index (χ4v) is 3.68. The highest BCUT2D eigenvalue weighted by Gasteiger charge is 2.34. The first kappa shape index (κ1) is 16.1. The van der Waals surface area contributed by atoms with E-state index in [0.29, 0.717) is 12.8 Å². The minimum Gasteiger partial charge on any atom is -0.390 e. The Hall–Kier alpha value is -0.940. The Balaban J connectivity index is 0.000000203. The number of aliphatic hydroxyl groups is 1. The molecule has 108 valence electrons. The van der Waals surface area contributed by atoms with Gasteiger partial charge in [0, 0.05) is 6.42 Å². The molecule has 2 atom stereocenters. The first-order chi connectivity index (χ1) is 8.63. The summed E-state index contributed by atoms with van der Waals surface area (Å²) >= 11 is 0. The Morgan fingerprint density at radius 3 is 1.68 bits per heavy atom. The molecule has 2 rings (SSSR count). The van der Waals surface area contributed by atoms with Crippen molar-refractivity contribution < 1.29 is 18.3 Å². The predicted octanol–water partition coefficient (Wildman–Crippen LogP) is 1.79. The van der Waals surface area contributed by atoms with E-state index in [9.17, 15) is 13.2 Å². The molecule has 19 heavy (non-hydrogen) atoms. The lowest BCUT2D eigenvalue weighted by atomic mass is 10.0. The second-order valence-electron chi connectivity index (χ2n) is 5.68. The molecule has 0 spiro atoms. The van der Waals surface area contributed by atoms with E-state index in [1.165, 1.54) is 6.92 Å². The third kappa shape index (κ3) is 4.91. The van der Waals surface area contributed by atoms with E-state index in [1.54, 1.807) is 26.0 Å². The number of sulfone groups is 1. The average Bonchev–Trinajstić information content (AvgIpc) is 1.87. The SMILES string of the molecule is CC(=O)CC(C)(C)O.O=S(=O)(C1C=CC1)C1C=CC1. The number of carbonyl (C=O) groups excluding carboxylic acids is 1. The van der Waals surface area contributed by atoms with Gasteiger partial charge in [0.25, 0.3) is 0 Å². The van der Waals surface area contributed by atoms with Crippen LogP contribution in [0.4, 0.5) is 0 Å². The van der Waals surface area contributed by atoms with Gasteiger partial charge in [0.15, 0.2) is 9.84 Å². The maximum absolute atomic E-state index is 11.5. The predicted molar refractivity (Wildman–Crippen MR) is 75.6 cm³/mol. The van der Waals surface area contributed by atoms with Crippen molar-refractivity contribution in [3.05, 3.63) is 24.3 Å². The van der Waals surface area contributed by atoms with Crippen molar-refractivity contribution in [2.45, 2.75) is 56.1 Å². The molecule has 0 heterocycles. The van der Waals surface area contributed by atoms with E-state index in [4.69, 9.17) is 5.11 Å². The summed E-state index contributed by atoms with van der Waals surface area (Å²) in [5.74, 6) is 0.0255. The molecule has 2 unspecified atom stereocenters. The lowest BCUT2D eigenvalue weighted by molar-refractivity contribution is -0.120. The third-order valence-corrected chi connectivity index (χ3v) is 5.35. The molecule has 0 radical (unpaired) electrons. The number of hydrogen-bond donors (Lipinski definition) is 1. The Kier molecular flexibility index (Phi) is 5.10. The Morgan fingerprint density at radius 2 is 1.58 bits per heavy atom. The van der Waals surface area contributed by atoms with Gasteiger partial charge in [-0.3, -0.25) is 4.79 Å². The molecule has 0 amide bonds. The number of Topliss-reactive ketones (excluding diaryl/α,β-unsaturated/α-hetero) is 1. The zero-order chi connectivity index (χ0) is 14.7. The fraction of sp³-hybridized carbons (Fsp3) is 0.643. The summed E-state index contributed by atoms with van der Waals surface area (Å²) in [5, 5.41) is 8.60. The first-order valence-corrected chi connectivity index (χ1v) is 8.02. The van der Waals surface area contributed by atoms with Crippen molar-refractivity contribution in [2.75, 3.05) is 0 Å². The second-order valence-corrected chi connectivity index (χ2v) is 8.07.